The minimum absolute atomic E-state index is 0.0223. The zero-order valence-corrected chi connectivity index (χ0v) is 11.5. The van der Waals surface area contributed by atoms with Crippen LogP contribution in [-0.4, -0.2) is 28.4 Å². The maximum atomic E-state index is 11.2. The van der Waals surface area contributed by atoms with Gasteiger partial charge in [-0.2, -0.15) is 0 Å². The van der Waals surface area contributed by atoms with Crippen LogP contribution in [0.5, 0.6) is 0 Å². The van der Waals surface area contributed by atoms with Crippen molar-refractivity contribution in [3.05, 3.63) is 21.1 Å². The molecular weight excluding hydrogens is 278 g/mol. The van der Waals surface area contributed by atoms with Gasteiger partial charge in [0.15, 0.2) is 0 Å². The molecule has 0 aliphatic carbocycles. The van der Waals surface area contributed by atoms with E-state index in [0.29, 0.717) is 9.09 Å². The first kappa shape index (κ1) is 14.9. The maximum absolute atomic E-state index is 11.2. The highest BCUT2D eigenvalue weighted by Crippen LogP contribution is 2.39. The molecule has 1 heterocycles. The summed E-state index contributed by atoms with van der Waals surface area (Å²) in [6.45, 7) is 3.52. The Morgan fingerprint density at radius 1 is 1.72 bits per heavy atom. The summed E-state index contributed by atoms with van der Waals surface area (Å²) in [5.74, 6) is -0.391. The Morgan fingerprint density at radius 2 is 2.39 bits per heavy atom. The number of rotatable bonds is 6. The molecule has 6 nitrogen and oxygen atoms in total. The molecule has 0 aliphatic rings. The van der Waals surface area contributed by atoms with E-state index >= 15 is 0 Å². The fourth-order valence-corrected chi connectivity index (χ4v) is 3.25. The van der Waals surface area contributed by atoms with Gasteiger partial charge in [0.1, 0.15) is 4.21 Å². The largest absolute Gasteiger partial charge is 0.465 e. The number of carbonyl (C=O) groups is 1. The van der Waals surface area contributed by atoms with Crippen molar-refractivity contribution in [2.75, 3.05) is 12.4 Å². The molecule has 1 aromatic rings. The molecule has 0 aliphatic heterocycles. The highest BCUT2D eigenvalue weighted by atomic mass is 32.2. The van der Waals surface area contributed by atoms with Crippen molar-refractivity contribution < 1.29 is 19.6 Å². The van der Waals surface area contributed by atoms with Crippen molar-refractivity contribution in [3.8, 4) is 0 Å². The summed E-state index contributed by atoms with van der Waals surface area (Å²) < 4.78 is 5.15. The first-order chi connectivity index (χ1) is 8.45. The van der Waals surface area contributed by atoms with E-state index in [4.69, 9.17) is 4.74 Å². The molecule has 0 spiro atoms. The van der Waals surface area contributed by atoms with Crippen molar-refractivity contribution >= 4 is 34.8 Å². The summed E-state index contributed by atoms with van der Waals surface area (Å²) in [5, 5.41) is 20.2. The van der Waals surface area contributed by atoms with Crippen LogP contribution in [-0.2, 0) is 9.53 Å². The number of hydrogen-bond donors (Lipinski definition) is 1. The molecule has 0 saturated heterocycles. The molecule has 100 valence electrons. The van der Waals surface area contributed by atoms with Crippen LogP contribution in [0.1, 0.15) is 24.8 Å². The number of aliphatic hydroxyl groups is 1. The molecule has 1 aromatic heterocycles. The summed E-state index contributed by atoms with van der Waals surface area (Å²) in [6, 6.07) is 1.34. The molecule has 1 rings (SSSR count). The predicted octanol–water partition coefficient (Wildman–Crippen LogP) is 2.36. The van der Waals surface area contributed by atoms with Crippen molar-refractivity contribution in [1.82, 2.24) is 0 Å². The Bertz CT molecular complexity index is 443. The minimum Gasteiger partial charge on any atom is -0.465 e. The second-order valence-electron chi connectivity index (χ2n) is 3.35. The smallest absolute Gasteiger partial charge is 0.316 e. The summed E-state index contributed by atoms with van der Waals surface area (Å²) in [6.07, 6.45) is -0.759. The Morgan fingerprint density at radius 3 is 2.89 bits per heavy atom. The van der Waals surface area contributed by atoms with E-state index in [1.165, 1.54) is 13.0 Å². The van der Waals surface area contributed by atoms with Crippen LogP contribution in [0.25, 0.3) is 0 Å². The van der Waals surface area contributed by atoms with Crippen LogP contribution in [0, 0.1) is 10.1 Å². The molecule has 0 amide bonds. The second-order valence-corrected chi connectivity index (χ2v) is 5.68. The number of thioether (sulfide) groups is 1. The van der Waals surface area contributed by atoms with E-state index in [1.54, 1.807) is 6.92 Å². The van der Waals surface area contributed by atoms with E-state index in [1.807, 2.05) is 0 Å². The molecule has 0 unspecified atom stereocenters. The first-order valence-corrected chi connectivity index (χ1v) is 7.00. The van der Waals surface area contributed by atoms with Gasteiger partial charge >= 0.3 is 5.97 Å². The standard InChI is InChI=1S/C10H13NO5S2/c1-3-16-9(13)5-17-10-7(11(14)15)4-8(18-10)6(2)12/h4,6,12H,3,5H2,1-2H3/t6-/m1/s1. The molecule has 18 heavy (non-hydrogen) atoms. The van der Waals surface area contributed by atoms with Crippen LogP contribution >= 0.6 is 23.1 Å². The van der Waals surface area contributed by atoms with Gasteiger partial charge in [0.2, 0.25) is 0 Å². The summed E-state index contributed by atoms with van der Waals surface area (Å²) >= 11 is 2.17. The van der Waals surface area contributed by atoms with Crippen molar-refractivity contribution in [2.45, 2.75) is 24.2 Å². The van der Waals surface area contributed by atoms with E-state index in [2.05, 4.69) is 0 Å². The van der Waals surface area contributed by atoms with Gasteiger partial charge in [0, 0.05) is 10.9 Å². The number of aliphatic hydroxyl groups excluding tert-OH is 1. The lowest BCUT2D eigenvalue weighted by Crippen LogP contribution is -2.06. The topological polar surface area (TPSA) is 89.7 Å². The number of nitrogens with zero attached hydrogens (tertiary/aromatic N) is 1. The van der Waals surface area contributed by atoms with Crippen LogP contribution in [0.4, 0.5) is 5.69 Å². The average molecular weight is 291 g/mol. The lowest BCUT2D eigenvalue weighted by atomic mass is 10.3. The molecular formula is C10H13NO5S2. The highest BCUT2D eigenvalue weighted by Gasteiger charge is 2.22. The Kier molecular flexibility index (Phi) is 5.57. The Balaban J connectivity index is 2.80. The van der Waals surface area contributed by atoms with Gasteiger partial charge < -0.3 is 9.84 Å². The third kappa shape index (κ3) is 3.97. The van der Waals surface area contributed by atoms with Crippen LogP contribution < -0.4 is 0 Å². The predicted molar refractivity (Wildman–Crippen MR) is 69.0 cm³/mol. The second kappa shape index (κ2) is 6.72. The third-order valence-corrected chi connectivity index (χ3v) is 4.48. The molecule has 0 radical (unpaired) electrons. The number of thiophene rings is 1. The van der Waals surface area contributed by atoms with Gasteiger partial charge in [-0.1, -0.05) is 11.8 Å². The summed E-state index contributed by atoms with van der Waals surface area (Å²) in [7, 11) is 0. The molecule has 1 atom stereocenters. The van der Waals surface area contributed by atoms with Crippen LogP contribution in [0.3, 0.4) is 0 Å². The Labute approximate surface area is 112 Å². The molecule has 0 bridgehead atoms. The first-order valence-electron chi connectivity index (χ1n) is 5.20. The number of esters is 1. The molecule has 0 aromatic carbocycles. The molecule has 8 heteroatoms. The lowest BCUT2D eigenvalue weighted by Gasteiger charge is -2.00. The summed E-state index contributed by atoms with van der Waals surface area (Å²) in [4.78, 5) is 22.0. The quantitative estimate of drug-likeness (QED) is 0.374. The third-order valence-electron chi connectivity index (χ3n) is 1.93. The monoisotopic (exact) mass is 291 g/mol. The molecule has 0 fully saturated rings. The van der Waals surface area contributed by atoms with Crippen LogP contribution in [0.2, 0.25) is 0 Å². The summed E-state index contributed by atoms with van der Waals surface area (Å²) in [5.41, 5.74) is -0.0785. The molecule has 0 saturated carbocycles. The molecule has 1 N–H and O–H groups in total. The van der Waals surface area contributed by atoms with Gasteiger partial charge in [0.05, 0.1) is 23.4 Å². The van der Waals surface area contributed by atoms with E-state index < -0.39 is 17.0 Å². The van der Waals surface area contributed by atoms with Crippen LogP contribution in [0.15, 0.2) is 10.3 Å². The average Bonchev–Trinajstić information content (AvgIpc) is 2.71. The normalized spacial score (nSPS) is 12.2. The SMILES string of the molecule is CCOC(=O)CSc1sc([C@@H](C)O)cc1[N+](=O)[O-]. The minimum atomic E-state index is -0.759. The Hall–Kier alpha value is -1.12. The van der Waals surface area contributed by atoms with Gasteiger partial charge in [0.25, 0.3) is 5.69 Å². The lowest BCUT2D eigenvalue weighted by molar-refractivity contribution is -0.387. The van der Waals surface area contributed by atoms with Crippen molar-refractivity contribution in [2.24, 2.45) is 0 Å². The zero-order chi connectivity index (χ0) is 13.7. The van der Waals surface area contributed by atoms with E-state index in [-0.39, 0.29) is 18.0 Å². The fourth-order valence-electron chi connectivity index (χ4n) is 1.15. The van der Waals surface area contributed by atoms with Gasteiger partial charge in [-0.25, -0.2) is 0 Å². The zero-order valence-electron chi connectivity index (χ0n) is 9.91. The number of hydrogen-bond acceptors (Lipinski definition) is 7. The highest BCUT2D eigenvalue weighted by molar-refractivity contribution is 8.01. The van der Waals surface area contributed by atoms with Gasteiger partial charge in [-0.15, -0.1) is 11.3 Å². The van der Waals surface area contributed by atoms with E-state index in [9.17, 15) is 20.0 Å². The van der Waals surface area contributed by atoms with Crippen molar-refractivity contribution in [1.29, 1.82) is 0 Å². The van der Waals surface area contributed by atoms with Gasteiger partial charge in [-0.3, -0.25) is 14.9 Å². The van der Waals surface area contributed by atoms with E-state index in [0.717, 1.165) is 23.1 Å². The van der Waals surface area contributed by atoms with Gasteiger partial charge in [-0.05, 0) is 13.8 Å². The maximum Gasteiger partial charge on any atom is 0.316 e. The van der Waals surface area contributed by atoms with Crippen molar-refractivity contribution in [3.63, 3.8) is 0 Å². The number of carbonyl (C=O) groups excluding carboxylic acids is 1. The fraction of sp³-hybridized carbons (Fsp3) is 0.500. The number of nitro groups is 1. The number of ether oxygens (including phenoxy) is 1.